The third-order valence-electron chi connectivity index (χ3n) is 4.05. The second-order valence-corrected chi connectivity index (χ2v) is 12.5. The van der Waals surface area contributed by atoms with Crippen molar-refractivity contribution in [1.82, 2.24) is 0 Å². The number of hydrogen-bond donors (Lipinski definition) is 0. The molecule has 8 heteroatoms. The zero-order valence-electron chi connectivity index (χ0n) is 14.6. The molecule has 1 fully saturated rings. The van der Waals surface area contributed by atoms with Crippen LogP contribution >= 0.6 is 23.5 Å². The van der Waals surface area contributed by atoms with Crippen LogP contribution in [0, 0.1) is 0 Å². The molecule has 0 atom stereocenters. The van der Waals surface area contributed by atoms with Crippen molar-refractivity contribution in [3.05, 3.63) is 36.4 Å². The normalized spacial score (nSPS) is 18.2. The van der Waals surface area contributed by atoms with Gasteiger partial charge in [0.25, 0.3) is 65.2 Å². The maximum atomic E-state index is 5.07. The predicted octanol–water partition coefficient (Wildman–Crippen LogP) is -2.04. The summed E-state index contributed by atoms with van der Waals surface area (Å²) in [6.07, 6.45) is 0. The summed E-state index contributed by atoms with van der Waals surface area (Å²) in [5.41, 5.74) is 2.44. The quantitative estimate of drug-likeness (QED) is 0.534. The van der Waals surface area contributed by atoms with E-state index in [-0.39, 0.29) is 0 Å². The second kappa shape index (κ2) is 9.01. The van der Waals surface area contributed by atoms with E-state index in [0.29, 0.717) is 0 Å². The molecule has 0 spiro atoms. The molecule has 1 aliphatic rings. The Morgan fingerprint density at radius 3 is 1.29 bits per heavy atom. The minimum Gasteiger partial charge on any atom is -0.242 e. The van der Waals surface area contributed by atoms with Gasteiger partial charge in [-0.3, -0.25) is 0 Å². The summed E-state index contributed by atoms with van der Waals surface area (Å²) < 4.78 is 5.60. The van der Waals surface area contributed by atoms with Gasteiger partial charge in [0.15, 0.2) is 0 Å². The Bertz CT molecular complexity index is 727. The molecule has 0 radical (unpaired) electrons. The van der Waals surface area contributed by atoms with Crippen molar-refractivity contribution < 1.29 is 0 Å². The molecular weight excluding hydrogens is 392 g/mol. The fraction of sp³-hybridized carbons (Fsp3) is 0.125. The highest BCUT2D eigenvalue weighted by Gasteiger charge is 2.18. The Kier molecular flexibility index (Phi) is 7.27. The SMILES string of the molecule is [AlH2][c]1ccc[c]([AlH2])c1N=C1SCCSC1=Nc1[c]([AlH2])ccc[c]1[AlH2]. The number of rotatable bonds is 2. The van der Waals surface area contributed by atoms with Crippen LogP contribution in [-0.2, 0) is 0 Å². The summed E-state index contributed by atoms with van der Waals surface area (Å²) in [4.78, 5) is 10.1. The minimum absolute atomic E-state index is 1.04. The average Bonchev–Trinajstić information content (AvgIpc) is 2.56. The van der Waals surface area contributed by atoms with Gasteiger partial charge in [-0.2, -0.15) is 0 Å². The van der Waals surface area contributed by atoms with Crippen molar-refractivity contribution in [3.8, 4) is 0 Å². The number of aliphatic imine (C=N–C) groups is 2. The largest absolute Gasteiger partial charge is 0.262 e. The monoisotopic (exact) mass is 410 g/mol. The van der Waals surface area contributed by atoms with E-state index in [0.717, 1.165) is 86.8 Å². The molecule has 24 heavy (non-hydrogen) atoms. The van der Waals surface area contributed by atoms with Crippen LogP contribution in [0.2, 0.25) is 0 Å². The lowest BCUT2D eigenvalue weighted by Crippen LogP contribution is -2.21. The van der Waals surface area contributed by atoms with E-state index >= 15 is 0 Å². The molecule has 1 heterocycles. The van der Waals surface area contributed by atoms with Crippen molar-refractivity contribution >= 4 is 128 Å². The highest BCUT2D eigenvalue weighted by molar-refractivity contribution is 8.27. The molecule has 2 nitrogen and oxygen atoms in total. The Hall–Kier alpha value is 0.610. The van der Waals surface area contributed by atoms with Crippen LogP contribution in [0.1, 0.15) is 0 Å². The number of para-hydroxylation sites is 2. The Morgan fingerprint density at radius 1 is 0.625 bits per heavy atom. The molecule has 0 saturated carbocycles. The zero-order valence-corrected chi connectivity index (χ0v) is 24.2. The third kappa shape index (κ3) is 4.66. The van der Waals surface area contributed by atoms with Crippen LogP contribution in [0.4, 0.5) is 11.4 Å². The maximum Gasteiger partial charge on any atom is 0.262 e. The van der Waals surface area contributed by atoms with Crippen LogP contribution in [0.3, 0.4) is 0 Å². The van der Waals surface area contributed by atoms with Crippen molar-refractivity contribution in [2.45, 2.75) is 0 Å². The van der Waals surface area contributed by atoms with Gasteiger partial charge in [-0.15, -0.1) is 23.5 Å². The van der Waals surface area contributed by atoms with Gasteiger partial charge in [-0.25, -0.2) is 9.98 Å². The fourth-order valence-electron chi connectivity index (χ4n) is 2.73. The third-order valence-corrected chi connectivity index (χ3v) is 9.60. The van der Waals surface area contributed by atoms with E-state index in [4.69, 9.17) is 9.98 Å². The van der Waals surface area contributed by atoms with E-state index in [2.05, 4.69) is 36.4 Å². The molecule has 3 rings (SSSR count). The van der Waals surface area contributed by atoms with Crippen LogP contribution < -0.4 is 17.7 Å². The first-order valence-electron chi connectivity index (χ1n) is 8.12. The van der Waals surface area contributed by atoms with E-state index < -0.39 is 0 Å². The van der Waals surface area contributed by atoms with E-state index in [1.165, 1.54) is 29.1 Å². The molecule has 0 aromatic heterocycles. The van der Waals surface area contributed by atoms with E-state index in [1.807, 2.05) is 23.5 Å². The molecule has 2 aromatic rings. The zero-order chi connectivity index (χ0) is 17.1. The summed E-state index contributed by atoms with van der Waals surface area (Å²) >= 11 is 7.90. The van der Waals surface area contributed by atoms with Gasteiger partial charge in [-0.1, -0.05) is 54.1 Å². The van der Waals surface area contributed by atoms with Crippen LogP contribution in [0.25, 0.3) is 0 Å². The van der Waals surface area contributed by atoms with Crippen molar-refractivity contribution in [1.29, 1.82) is 0 Å². The lowest BCUT2D eigenvalue weighted by molar-refractivity contribution is 1.54. The molecular formula is C16H18Al4N2S2. The van der Waals surface area contributed by atoms with Gasteiger partial charge in [0.2, 0.25) is 0 Å². The standard InChI is InChI=1S/C16H10N2S2.4Al.8H/c1-3-7-13(8-4-1)17-15-16(20-12-11-19-15)18-14-9-5-2-6-10-14;;;;;;;;;;;;/h1-6H,11-12H2;;;;;;;;;;;;. The smallest absolute Gasteiger partial charge is 0.242 e. The molecule has 0 unspecified atom stereocenters. The molecule has 2 aromatic carbocycles. The lowest BCUT2D eigenvalue weighted by atomic mass is 10.3. The van der Waals surface area contributed by atoms with Crippen molar-refractivity contribution in [3.63, 3.8) is 0 Å². The summed E-state index contributed by atoms with van der Waals surface area (Å²) in [5, 5.41) is 2.25. The van der Waals surface area contributed by atoms with Gasteiger partial charge in [0.05, 0.1) is 0 Å². The second-order valence-electron chi connectivity index (χ2n) is 6.01. The minimum atomic E-state index is 1.04. The Labute approximate surface area is 184 Å². The average molecular weight is 410 g/mol. The van der Waals surface area contributed by atoms with Gasteiger partial charge in [-0.05, 0) is 0 Å². The van der Waals surface area contributed by atoms with Gasteiger partial charge in [0.1, 0.15) is 10.1 Å². The molecule has 0 amide bonds. The van der Waals surface area contributed by atoms with Crippen molar-refractivity contribution in [2.24, 2.45) is 9.98 Å². The number of thioether (sulfide) groups is 2. The van der Waals surface area contributed by atoms with Crippen LogP contribution in [0.15, 0.2) is 46.4 Å². The maximum absolute atomic E-state index is 5.07. The predicted molar refractivity (Wildman–Crippen MR) is 125 cm³/mol. The summed E-state index contributed by atoms with van der Waals surface area (Å²) in [5.74, 6) is 2.25. The molecule has 0 bridgehead atoms. The first-order chi connectivity index (χ1) is 11.6. The number of benzene rings is 2. The molecule has 0 N–H and O–H groups in total. The first-order valence-corrected chi connectivity index (χ1v) is 14.1. The van der Waals surface area contributed by atoms with E-state index in [9.17, 15) is 0 Å². The first kappa shape index (κ1) is 19.4. The Balaban J connectivity index is 2.06. The molecule has 116 valence electrons. The Morgan fingerprint density at radius 2 is 0.958 bits per heavy atom. The lowest BCUT2D eigenvalue weighted by Gasteiger charge is -2.17. The highest BCUT2D eigenvalue weighted by Crippen LogP contribution is 2.26. The van der Waals surface area contributed by atoms with E-state index in [1.54, 1.807) is 0 Å². The van der Waals surface area contributed by atoms with Crippen LogP contribution in [-0.4, -0.2) is 86.8 Å². The number of nitrogens with zero attached hydrogens (tertiary/aromatic N) is 2. The number of hydrogen-bond acceptors (Lipinski definition) is 4. The summed E-state index contributed by atoms with van der Waals surface area (Å²) in [6.45, 7) is 0. The molecule has 1 aliphatic heterocycles. The van der Waals surface area contributed by atoms with Gasteiger partial charge in [0, 0.05) is 22.9 Å². The van der Waals surface area contributed by atoms with Crippen molar-refractivity contribution in [2.75, 3.05) is 11.5 Å². The fourth-order valence-corrected chi connectivity index (χ4v) is 8.58. The van der Waals surface area contributed by atoms with Crippen LogP contribution in [0.5, 0.6) is 0 Å². The molecule has 1 saturated heterocycles. The van der Waals surface area contributed by atoms with Gasteiger partial charge < -0.3 is 0 Å². The van der Waals surface area contributed by atoms with Gasteiger partial charge >= 0.3 is 0 Å². The molecule has 0 aliphatic carbocycles. The topological polar surface area (TPSA) is 24.7 Å². The highest BCUT2D eigenvalue weighted by atomic mass is 32.2. The summed E-state index contributed by atoms with van der Waals surface area (Å²) in [7, 11) is 0. The summed E-state index contributed by atoms with van der Waals surface area (Å²) in [6, 6.07) is 13.2.